The summed E-state index contributed by atoms with van der Waals surface area (Å²) in [6, 6.07) is 10.4. The number of carbonyl (C=O) groups excluding carboxylic acids is 1. The molecule has 1 saturated carbocycles. The van der Waals surface area contributed by atoms with Gasteiger partial charge in [0.1, 0.15) is 11.5 Å². The van der Waals surface area contributed by atoms with Crippen LogP contribution in [-0.4, -0.2) is 44.4 Å². The molecule has 3 unspecified atom stereocenters. The molecule has 5 heterocycles. The molecule has 164 valence electrons. The van der Waals surface area contributed by atoms with Crippen LogP contribution in [0.3, 0.4) is 0 Å². The number of aryl methyl sites for hydroxylation is 3. The van der Waals surface area contributed by atoms with E-state index in [1.54, 1.807) is 12.4 Å². The molecule has 0 spiro atoms. The van der Waals surface area contributed by atoms with Gasteiger partial charge in [0, 0.05) is 36.7 Å². The Hall–Kier alpha value is -3.28. The third-order valence-electron chi connectivity index (χ3n) is 6.77. The summed E-state index contributed by atoms with van der Waals surface area (Å²) in [6.45, 7) is 6.85. The zero-order chi connectivity index (χ0) is 22.2. The number of carbonyl (C=O) groups is 1. The maximum Gasteiger partial charge on any atom is 0.273 e. The predicted molar refractivity (Wildman–Crippen MR) is 125 cm³/mol. The third-order valence-corrected chi connectivity index (χ3v) is 6.77. The van der Waals surface area contributed by atoms with Gasteiger partial charge in [0.2, 0.25) is 0 Å². The van der Waals surface area contributed by atoms with E-state index in [4.69, 9.17) is 0 Å². The van der Waals surface area contributed by atoms with Crippen LogP contribution in [0.25, 0.3) is 11.3 Å². The molecule has 3 atom stereocenters. The average molecular weight is 428 g/mol. The summed E-state index contributed by atoms with van der Waals surface area (Å²) in [5, 5.41) is 3.60. The van der Waals surface area contributed by atoms with Gasteiger partial charge in [-0.3, -0.25) is 14.8 Å². The predicted octanol–water partition coefficient (Wildman–Crippen LogP) is 4.57. The molecule has 3 aliphatic rings. The molecule has 6 nitrogen and oxygen atoms in total. The number of hydrogen-bond donors (Lipinski definition) is 1. The maximum atomic E-state index is 13.8. The van der Waals surface area contributed by atoms with E-state index in [1.807, 2.05) is 56.1 Å². The molecular formula is C26H29N5O. The first-order valence-corrected chi connectivity index (χ1v) is 11.4. The Kier molecular flexibility index (Phi) is 5.37. The minimum atomic E-state index is 0.00289. The standard InChI is InChI=1S/C26H29N5O/c1-16-6-9-23(28-13-16)30-21-12-19-7-8-22(21)31(15-19)26(32)25-20(11-17(2)14-29-25)24-18(3)5-4-10-27-24/h4-6,9-11,13-14,19,21-22H,7-8,12,15H2,1-3H3,(H,28,30). The van der Waals surface area contributed by atoms with Crippen LogP contribution in [0.2, 0.25) is 0 Å². The van der Waals surface area contributed by atoms with Crippen LogP contribution in [0, 0.1) is 26.7 Å². The van der Waals surface area contributed by atoms with Gasteiger partial charge in [0.05, 0.1) is 11.7 Å². The van der Waals surface area contributed by atoms with Gasteiger partial charge < -0.3 is 10.2 Å². The van der Waals surface area contributed by atoms with Crippen molar-refractivity contribution in [1.29, 1.82) is 0 Å². The van der Waals surface area contributed by atoms with Crippen molar-refractivity contribution >= 4 is 11.7 Å². The van der Waals surface area contributed by atoms with Gasteiger partial charge in [-0.15, -0.1) is 0 Å². The summed E-state index contributed by atoms with van der Waals surface area (Å²) in [6.07, 6.45) is 8.67. The van der Waals surface area contributed by atoms with Crippen LogP contribution in [0.4, 0.5) is 5.82 Å². The number of anilines is 1. The highest BCUT2D eigenvalue weighted by atomic mass is 16.2. The summed E-state index contributed by atoms with van der Waals surface area (Å²) >= 11 is 0. The zero-order valence-corrected chi connectivity index (χ0v) is 18.9. The van der Waals surface area contributed by atoms with Gasteiger partial charge in [-0.1, -0.05) is 12.1 Å². The number of aromatic nitrogens is 3. The molecule has 1 amide bonds. The summed E-state index contributed by atoms with van der Waals surface area (Å²) in [5.74, 6) is 1.37. The van der Waals surface area contributed by atoms with Crippen molar-refractivity contribution in [2.45, 2.75) is 52.1 Å². The third kappa shape index (κ3) is 3.85. The van der Waals surface area contributed by atoms with Crippen molar-refractivity contribution in [2.24, 2.45) is 5.92 Å². The van der Waals surface area contributed by atoms with Crippen LogP contribution in [0.1, 0.15) is 46.4 Å². The second-order valence-corrected chi connectivity index (χ2v) is 9.25. The van der Waals surface area contributed by atoms with E-state index in [0.717, 1.165) is 53.2 Å². The van der Waals surface area contributed by atoms with Crippen molar-refractivity contribution in [3.63, 3.8) is 0 Å². The SMILES string of the molecule is Cc1ccc(NC2CC3CCC2N(C(=O)c2ncc(C)cc2-c2ncccc2C)C3)nc1. The first-order valence-electron chi connectivity index (χ1n) is 11.4. The van der Waals surface area contributed by atoms with E-state index in [-0.39, 0.29) is 18.0 Å². The fourth-order valence-electron chi connectivity index (χ4n) is 5.15. The Morgan fingerprint density at radius 1 is 1.03 bits per heavy atom. The van der Waals surface area contributed by atoms with E-state index in [9.17, 15) is 4.79 Å². The molecule has 6 rings (SSSR count). The molecule has 0 radical (unpaired) electrons. The average Bonchev–Trinajstić information content (AvgIpc) is 2.81. The number of pyridine rings is 3. The lowest BCUT2D eigenvalue weighted by atomic mass is 9.76. The Morgan fingerprint density at radius 3 is 2.62 bits per heavy atom. The van der Waals surface area contributed by atoms with Gasteiger partial charge in [-0.25, -0.2) is 4.98 Å². The van der Waals surface area contributed by atoms with Crippen LogP contribution in [0.5, 0.6) is 0 Å². The van der Waals surface area contributed by atoms with E-state index >= 15 is 0 Å². The Bertz CT molecular complexity index is 1140. The van der Waals surface area contributed by atoms with E-state index in [0.29, 0.717) is 11.6 Å². The Labute approximate surface area is 189 Å². The molecule has 3 fully saturated rings. The van der Waals surface area contributed by atoms with Crippen molar-refractivity contribution in [3.8, 4) is 11.3 Å². The van der Waals surface area contributed by atoms with Gasteiger partial charge in [0.15, 0.2) is 0 Å². The lowest BCUT2D eigenvalue weighted by Crippen LogP contribution is -2.60. The number of piperidine rings is 2. The number of hydrogen-bond acceptors (Lipinski definition) is 5. The lowest BCUT2D eigenvalue weighted by molar-refractivity contribution is 0.0277. The molecule has 3 aromatic heterocycles. The molecule has 3 aromatic rings. The summed E-state index contributed by atoms with van der Waals surface area (Å²) < 4.78 is 0. The molecule has 32 heavy (non-hydrogen) atoms. The minimum Gasteiger partial charge on any atom is -0.365 e. The number of rotatable bonds is 4. The first kappa shape index (κ1) is 20.6. The van der Waals surface area contributed by atoms with E-state index < -0.39 is 0 Å². The monoisotopic (exact) mass is 427 g/mol. The topological polar surface area (TPSA) is 71.0 Å². The van der Waals surface area contributed by atoms with Crippen LogP contribution in [-0.2, 0) is 0 Å². The second kappa shape index (κ2) is 8.34. The first-order chi connectivity index (χ1) is 15.5. The van der Waals surface area contributed by atoms with E-state index in [1.165, 1.54) is 6.42 Å². The van der Waals surface area contributed by atoms with Gasteiger partial charge in [0.25, 0.3) is 5.91 Å². The van der Waals surface area contributed by atoms with Crippen LogP contribution in [0.15, 0.2) is 48.9 Å². The van der Waals surface area contributed by atoms with Crippen LogP contribution >= 0.6 is 0 Å². The van der Waals surface area contributed by atoms with Crippen molar-refractivity contribution < 1.29 is 4.79 Å². The smallest absolute Gasteiger partial charge is 0.273 e. The zero-order valence-electron chi connectivity index (χ0n) is 18.9. The van der Waals surface area contributed by atoms with E-state index in [2.05, 4.69) is 26.3 Å². The van der Waals surface area contributed by atoms with Crippen LogP contribution < -0.4 is 5.32 Å². The highest BCUT2D eigenvalue weighted by Gasteiger charge is 2.44. The van der Waals surface area contributed by atoms with Gasteiger partial charge >= 0.3 is 0 Å². The van der Waals surface area contributed by atoms with Gasteiger partial charge in [-0.2, -0.15) is 0 Å². The fraction of sp³-hybridized carbons (Fsp3) is 0.385. The maximum absolute atomic E-state index is 13.8. The Balaban J connectivity index is 1.46. The molecule has 0 aromatic carbocycles. The summed E-state index contributed by atoms with van der Waals surface area (Å²) in [4.78, 5) is 29.6. The fourth-order valence-corrected chi connectivity index (χ4v) is 5.15. The number of nitrogens with zero attached hydrogens (tertiary/aromatic N) is 4. The largest absolute Gasteiger partial charge is 0.365 e. The molecule has 1 N–H and O–H groups in total. The number of amides is 1. The van der Waals surface area contributed by atoms with Crippen molar-refractivity contribution in [3.05, 3.63) is 71.3 Å². The molecule has 2 aliphatic heterocycles. The highest BCUT2D eigenvalue weighted by Crippen LogP contribution is 2.38. The normalized spacial score (nSPS) is 22.1. The quantitative estimate of drug-likeness (QED) is 0.660. The number of fused-ring (bicyclic) bond motifs is 3. The molecule has 1 aliphatic carbocycles. The Morgan fingerprint density at radius 2 is 1.88 bits per heavy atom. The highest BCUT2D eigenvalue weighted by molar-refractivity contribution is 5.99. The summed E-state index contributed by atoms with van der Waals surface area (Å²) in [7, 11) is 0. The van der Waals surface area contributed by atoms with Crippen molar-refractivity contribution in [2.75, 3.05) is 11.9 Å². The molecule has 6 heteroatoms. The molecular weight excluding hydrogens is 398 g/mol. The minimum absolute atomic E-state index is 0.00289. The molecule has 2 bridgehead atoms. The summed E-state index contributed by atoms with van der Waals surface area (Å²) in [5.41, 5.74) is 5.34. The molecule has 2 saturated heterocycles. The lowest BCUT2D eigenvalue weighted by Gasteiger charge is -2.50. The van der Waals surface area contributed by atoms with Crippen molar-refractivity contribution in [1.82, 2.24) is 19.9 Å². The van der Waals surface area contributed by atoms with Gasteiger partial charge in [-0.05, 0) is 80.8 Å². The second-order valence-electron chi connectivity index (χ2n) is 9.25. The number of nitrogens with one attached hydrogen (secondary N) is 1.